The van der Waals surface area contributed by atoms with Crippen molar-refractivity contribution in [3.8, 4) is 0 Å². The molecule has 1 aliphatic rings. The van der Waals surface area contributed by atoms with Gasteiger partial charge in [-0.25, -0.2) is 0 Å². The third-order valence-electron chi connectivity index (χ3n) is 1.56. The third kappa shape index (κ3) is 12.2. The standard InChI is InChI=1S/C8H12.H3O6P.Ru/c1-2-4-6-8-7-5-3-1;1-5-7(3,4)6-2;/h1-4H,5-8H2;1-2H,(H,3,4);/q;;+3/p-3. The number of phosphoric acid groups is 1. The first kappa shape index (κ1) is 18.5. The van der Waals surface area contributed by atoms with Crippen LogP contribution in [-0.4, -0.2) is 0 Å². The van der Waals surface area contributed by atoms with Crippen LogP contribution in [0.25, 0.3) is 0 Å². The molecule has 0 aromatic heterocycles. The van der Waals surface area contributed by atoms with Crippen LogP contribution in [0.3, 0.4) is 0 Å². The predicted octanol–water partition coefficient (Wildman–Crippen LogP) is -0.291. The maximum Gasteiger partial charge on any atom is 3.00 e. The largest absolute Gasteiger partial charge is 3.00 e. The third-order valence-corrected chi connectivity index (χ3v) is 1.92. The SMILES string of the molecule is C1=CCCCCC=C1.O=P([O-])(O[O-])O[O-].[Ru+3]. The second kappa shape index (κ2) is 11.6. The number of hydrogen-bond donors (Lipinski definition) is 0. The summed E-state index contributed by atoms with van der Waals surface area (Å²) in [6, 6.07) is 0. The van der Waals surface area contributed by atoms with Crippen LogP contribution in [0.1, 0.15) is 25.7 Å². The van der Waals surface area contributed by atoms with E-state index in [1.54, 1.807) is 0 Å². The molecule has 1 radical (unpaired) electrons. The molecule has 8 heteroatoms. The summed E-state index contributed by atoms with van der Waals surface area (Å²) in [6.45, 7) is 0. The molecule has 1 aliphatic carbocycles. The van der Waals surface area contributed by atoms with Gasteiger partial charge < -0.3 is 24.8 Å². The second-order valence-electron chi connectivity index (χ2n) is 2.74. The summed E-state index contributed by atoms with van der Waals surface area (Å²) < 4.78 is 13.9. The van der Waals surface area contributed by atoms with Crippen molar-refractivity contribution in [1.82, 2.24) is 0 Å². The predicted molar refractivity (Wildman–Crippen MR) is 46.5 cm³/mol. The van der Waals surface area contributed by atoms with E-state index in [1.807, 2.05) is 0 Å². The van der Waals surface area contributed by atoms with E-state index >= 15 is 0 Å². The van der Waals surface area contributed by atoms with Gasteiger partial charge in [-0.05, 0) is 25.7 Å². The molecule has 0 spiro atoms. The summed E-state index contributed by atoms with van der Waals surface area (Å²) >= 11 is 0. The van der Waals surface area contributed by atoms with Crippen molar-refractivity contribution >= 4 is 7.82 Å². The Bertz CT molecular complexity index is 233. The van der Waals surface area contributed by atoms with Crippen LogP contribution in [0.4, 0.5) is 0 Å². The molecule has 0 aliphatic heterocycles. The Morgan fingerprint density at radius 3 is 1.62 bits per heavy atom. The molecule has 0 amide bonds. The molecule has 0 atom stereocenters. The average molecular weight is 336 g/mol. The van der Waals surface area contributed by atoms with Crippen LogP contribution in [-0.2, 0) is 33.4 Å². The Balaban J connectivity index is 0. The van der Waals surface area contributed by atoms with E-state index in [9.17, 15) is 9.46 Å². The molecule has 0 N–H and O–H groups in total. The van der Waals surface area contributed by atoms with Crippen LogP contribution < -0.4 is 15.4 Å². The van der Waals surface area contributed by atoms with Gasteiger partial charge in [0, 0.05) is 0 Å². The first-order chi connectivity index (χ1) is 7.12. The van der Waals surface area contributed by atoms with Crippen LogP contribution >= 0.6 is 7.82 Å². The zero-order valence-electron chi connectivity index (χ0n) is 8.39. The monoisotopic (exact) mass is 337 g/mol. The Morgan fingerprint density at radius 1 is 1.00 bits per heavy atom. The summed E-state index contributed by atoms with van der Waals surface area (Å²) in [6.07, 6.45) is 14.0. The van der Waals surface area contributed by atoms with E-state index in [0.29, 0.717) is 0 Å². The Labute approximate surface area is 107 Å². The summed E-state index contributed by atoms with van der Waals surface area (Å²) in [7, 11) is -5.02. The minimum atomic E-state index is -5.02. The van der Waals surface area contributed by atoms with Crippen LogP contribution in [0.5, 0.6) is 0 Å². The van der Waals surface area contributed by atoms with Gasteiger partial charge in [-0.1, -0.05) is 24.3 Å². The molecule has 16 heavy (non-hydrogen) atoms. The van der Waals surface area contributed by atoms with Crippen molar-refractivity contribution in [3.05, 3.63) is 24.3 Å². The Hall–Kier alpha value is 0.133. The molecule has 0 aromatic rings. The van der Waals surface area contributed by atoms with Gasteiger partial charge in [0.1, 0.15) is 0 Å². The summed E-state index contributed by atoms with van der Waals surface area (Å²) in [4.78, 5) is 9.33. The molecule has 0 aromatic carbocycles. The minimum absolute atomic E-state index is 0. The van der Waals surface area contributed by atoms with Crippen LogP contribution in [0.15, 0.2) is 24.3 Å². The van der Waals surface area contributed by atoms with E-state index < -0.39 is 7.82 Å². The molecular formula is C8H12O6PRu. The molecule has 0 heterocycles. The van der Waals surface area contributed by atoms with Gasteiger partial charge >= 0.3 is 19.5 Å². The van der Waals surface area contributed by atoms with Crippen molar-refractivity contribution in [3.63, 3.8) is 0 Å². The first-order valence-corrected chi connectivity index (χ1v) is 5.84. The van der Waals surface area contributed by atoms with Crippen LogP contribution in [0.2, 0.25) is 0 Å². The van der Waals surface area contributed by atoms with E-state index in [2.05, 4.69) is 33.7 Å². The molecule has 0 saturated carbocycles. The maximum atomic E-state index is 9.33. The normalized spacial score (nSPS) is 15.2. The Kier molecular flexibility index (Phi) is 13.4. The van der Waals surface area contributed by atoms with E-state index in [-0.39, 0.29) is 19.5 Å². The molecule has 93 valence electrons. The van der Waals surface area contributed by atoms with Gasteiger partial charge in [0.05, 0.1) is 0 Å². The molecular weight excluding hydrogens is 324 g/mol. The molecule has 0 saturated heterocycles. The topological polar surface area (TPSA) is 105 Å². The summed E-state index contributed by atoms with van der Waals surface area (Å²) in [5.74, 6) is 0. The van der Waals surface area contributed by atoms with Gasteiger partial charge in [0.2, 0.25) is 7.82 Å². The van der Waals surface area contributed by atoms with Crippen molar-refractivity contribution in [2.45, 2.75) is 25.7 Å². The van der Waals surface area contributed by atoms with Crippen molar-refractivity contribution in [1.29, 1.82) is 0 Å². The molecule has 0 bridgehead atoms. The number of rotatable bonds is 2. The fraction of sp³-hybridized carbons (Fsp3) is 0.500. The number of hydrogen-bond acceptors (Lipinski definition) is 6. The fourth-order valence-corrected chi connectivity index (χ4v) is 0.911. The fourth-order valence-electron chi connectivity index (χ4n) is 0.886. The van der Waals surface area contributed by atoms with Crippen molar-refractivity contribution < 1.29 is 48.8 Å². The van der Waals surface area contributed by atoms with E-state index in [1.165, 1.54) is 25.7 Å². The summed E-state index contributed by atoms with van der Waals surface area (Å²) in [5.41, 5.74) is 0. The minimum Gasteiger partial charge on any atom is -0.757 e. The van der Waals surface area contributed by atoms with Gasteiger partial charge in [-0.2, -0.15) is 0 Å². The van der Waals surface area contributed by atoms with E-state index in [4.69, 9.17) is 10.5 Å². The van der Waals surface area contributed by atoms with E-state index in [0.717, 1.165) is 0 Å². The summed E-state index contributed by atoms with van der Waals surface area (Å²) in [5, 5.41) is 17.6. The molecule has 0 fully saturated rings. The smallest absolute Gasteiger partial charge is 0.757 e. The van der Waals surface area contributed by atoms with Gasteiger partial charge in [0.25, 0.3) is 0 Å². The molecule has 6 nitrogen and oxygen atoms in total. The quantitative estimate of drug-likeness (QED) is 0.297. The second-order valence-corrected chi connectivity index (χ2v) is 3.93. The molecule has 1 rings (SSSR count). The van der Waals surface area contributed by atoms with Crippen molar-refractivity contribution in [2.24, 2.45) is 0 Å². The zero-order valence-corrected chi connectivity index (χ0v) is 11.0. The number of allylic oxidation sites excluding steroid dienone is 4. The maximum absolute atomic E-state index is 9.33. The zero-order chi connectivity index (χ0) is 11.6. The molecule has 0 unspecified atom stereocenters. The first-order valence-electron chi connectivity index (χ1n) is 4.38. The van der Waals surface area contributed by atoms with Crippen LogP contribution in [0, 0.1) is 0 Å². The average Bonchev–Trinajstić information content (AvgIpc) is 2.18. The Morgan fingerprint density at radius 2 is 1.38 bits per heavy atom. The van der Waals surface area contributed by atoms with Gasteiger partial charge in [-0.15, -0.1) is 0 Å². The van der Waals surface area contributed by atoms with Gasteiger partial charge in [-0.3, -0.25) is 4.57 Å². The van der Waals surface area contributed by atoms with Gasteiger partial charge in [0.15, 0.2) is 0 Å². The van der Waals surface area contributed by atoms with Crippen molar-refractivity contribution in [2.75, 3.05) is 0 Å².